The van der Waals surface area contributed by atoms with E-state index in [0.717, 1.165) is 23.4 Å². The number of esters is 1. The predicted molar refractivity (Wildman–Crippen MR) is 154 cm³/mol. The van der Waals surface area contributed by atoms with Gasteiger partial charge in [0, 0.05) is 49.4 Å². The van der Waals surface area contributed by atoms with E-state index in [9.17, 15) is 24.8 Å². The number of H-pyrrole nitrogens is 1. The van der Waals surface area contributed by atoms with Crippen LogP contribution in [-0.4, -0.2) is 50.5 Å². The number of aromatic amines is 1. The largest absolute Gasteiger partial charge is 0.478 e. The Bertz CT molecular complexity index is 1570. The third kappa shape index (κ3) is 6.67. The highest BCUT2D eigenvalue weighted by molar-refractivity contribution is 5.99. The van der Waals surface area contributed by atoms with Crippen LogP contribution in [-0.2, 0) is 20.7 Å². The number of nitro benzene ring substituents is 1. The van der Waals surface area contributed by atoms with Gasteiger partial charge in [-0.15, -0.1) is 0 Å². The molecule has 0 aliphatic carbocycles. The van der Waals surface area contributed by atoms with Crippen molar-refractivity contribution in [3.05, 3.63) is 134 Å². The van der Waals surface area contributed by atoms with Gasteiger partial charge in [0.05, 0.1) is 22.0 Å². The van der Waals surface area contributed by atoms with Gasteiger partial charge in [0.2, 0.25) is 0 Å². The maximum absolute atomic E-state index is 13.3. The zero-order chi connectivity index (χ0) is 29.5. The van der Waals surface area contributed by atoms with E-state index in [4.69, 9.17) is 4.74 Å². The summed E-state index contributed by atoms with van der Waals surface area (Å²) >= 11 is 0. The van der Waals surface area contributed by atoms with Gasteiger partial charge in [0.25, 0.3) is 5.69 Å². The third-order valence-corrected chi connectivity index (χ3v) is 6.98. The Morgan fingerprint density at radius 3 is 2.51 bits per heavy atom. The summed E-state index contributed by atoms with van der Waals surface area (Å²) in [5.41, 5.74) is 3.28. The molecule has 41 heavy (non-hydrogen) atoms. The number of imidazole rings is 1. The summed E-state index contributed by atoms with van der Waals surface area (Å²) in [6.45, 7) is 3.29. The van der Waals surface area contributed by atoms with Crippen LogP contribution in [0.4, 0.5) is 5.69 Å². The van der Waals surface area contributed by atoms with E-state index in [1.807, 2.05) is 36.4 Å². The van der Waals surface area contributed by atoms with Crippen molar-refractivity contribution in [2.45, 2.75) is 26.2 Å². The molecule has 1 aliphatic heterocycles. The van der Waals surface area contributed by atoms with E-state index < -0.39 is 22.8 Å². The van der Waals surface area contributed by atoms with Crippen molar-refractivity contribution in [2.75, 3.05) is 13.7 Å². The predicted octanol–water partition coefficient (Wildman–Crippen LogP) is 5.38. The van der Waals surface area contributed by atoms with Crippen molar-refractivity contribution in [3.8, 4) is 0 Å². The number of aromatic nitrogens is 2. The lowest BCUT2D eigenvalue weighted by molar-refractivity contribution is -0.384. The maximum Gasteiger partial charge on any atom is 0.337 e. The Morgan fingerprint density at radius 1 is 1.12 bits per heavy atom. The fourth-order valence-corrected chi connectivity index (χ4v) is 4.71. The Hall–Kier alpha value is -5.25. The molecule has 0 saturated carbocycles. The molecule has 3 aromatic rings. The Balaban J connectivity index is 1.46. The summed E-state index contributed by atoms with van der Waals surface area (Å²) in [7, 11) is 1.67. The van der Waals surface area contributed by atoms with Crippen LogP contribution in [0.5, 0.6) is 0 Å². The molecule has 1 unspecified atom stereocenters. The van der Waals surface area contributed by atoms with Gasteiger partial charge >= 0.3 is 11.9 Å². The van der Waals surface area contributed by atoms with E-state index in [1.54, 1.807) is 56.4 Å². The molecular formula is C31H30N4O6. The van der Waals surface area contributed by atoms with Crippen LogP contribution in [0.3, 0.4) is 0 Å². The molecule has 0 amide bonds. The van der Waals surface area contributed by atoms with Crippen LogP contribution in [0.1, 0.15) is 42.3 Å². The van der Waals surface area contributed by atoms with Gasteiger partial charge in [-0.3, -0.25) is 10.1 Å². The first-order valence-corrected chi connectivity index (χ1v) is 12.9. The van der Waals surface area contributed by atoms with Crippen LogP contribution in [0, 0.1) is 10.1 Å². The van der Waals surface area contributed by atoms with Crippen LogP contribution < -0.4 is 0 Å². The number of rotatable bonds is 10. The van der Waals surface area contributed by atoms with Crippen molar-refractivity contribution < 1.29 is 24.4 Å². The number of carboxylic acid groups (broad SMARTS) is 1. The first-order chi connectivity index (χ1) is 19.7. The standard InChI is InChI=1S/C31H30N4O6/c1-20-27(30(36)37)29(24-9-7-10-25(19-24)35(39)40)28(21(2)34(20)3)31(38)41-17-6-4-5-8-22-11-13-23(14-12-22)18-26-32-15-16-33-26/h4-16,19,29H,17-18H2,1-3H3,(H,32,33)(H,36,37). The number of allylic oxidation sites excluding steroid dienone is 4. The molecule has 4 rings (SSSR count). The highest BCUT2D eigenvalue weighted by Crippen LogP contribution is 2.42. The number of non-ortho nitro benzene ring substituents is 1. The first-order valence-electron chi connectivity index (χ1n) is 12.9. The van der Waals surface area contributed by atoms with Crippen molar-refractivity contribution in [1.29, 1.82) is 0 Å². The lowest BCUT2D eigenvalue weighted by Gasteiger charge is -2.35. The van der Waals surface area contributed by atoms with Gasteiger partial charge in [0.15, 0.2) is 0 Å². The average Bonchev–Trinajstić information content (AvgIpc) is 3.47. The van der Waals surface area contributed by atoms with Crippen molar-refractivity contribution in [2.24, 2.45) is 0 Å². The second kappa shape index (κ2) is 12.7. The minimum Gasteiger partial charge on any atom is -0.478 e. The number of ether oxygens (including phenoxy) is 1. The lowest BCUT2D eigenvalue weighted by atomic mass is 9.80. The Morgan fingerprint density at radius 2 is 1.85 bits per heavy atom. The number of carboxylic acids is 1. The summed E-state index contributed by atoms with van der Waals surface area (Å²) < 4.78 is 5.51. The first kappa shape index (κ1) is 28.8. The van der Waals surface area contributed by atoms with Gasteiger partial charge < -0.3 is 19.7 Å². The summed E-state index contributed by atoms with van der Waals surface area (Å²) in [6, 6.07) is 13.7. The maximum atomic E-state index is 13.3. The molecule has 10 heteroatoms. The zero-order valence-electron chi connectivity index (χ0n) is 22.9. The summed E-state index contributed by atoms with van der Waals surface area (Å²) in [6.07, 6.45) is 11.4. The van der Waals surface area contributed by atoms with E-state index in [2.05, 4.69) is 9.97 Å². The third-order valence-electron chi connectivity index (χ3n) is 6.98. The highest BCUT2D eigenvalue weighted by atomic mass is 16.6. The SMILES string of the molecule is CC1=C(C(=O)O)C(c2cccc([N+](=O)[O-])c2)C(C(=O)OCC=CC=Cc2ccc(Cc3ncc[nH]3)cc2)=C(C)N1C. The molecule has 210 valence electrons. The second-order valence-corrected chi connectivity index (χ2v) is 9.49. The summed E-state index contributed by atoms with van der Waals surface area (Å²) in [4.78, 5) is 45.4. The quantitative estimate of drug-likeness (QED) is 0.147. The Kier molecular flexibility index (Phi) is 8.93. The number of benzene rings is 2. The Labute approximate surface area is 237 Å². The number of nitrogens with zero attached hydrogens (tertiary/aromatic N) is 3. The molecule has 0 spiro atoms. The molecule has 10 nitrogen and oxygen atoms in total. The van der Waals surface area contributed by atoms with Crippen LogP contribution in [0.25, 0.3) is 6.08 Å². The summed E-state index contributed by atoms with van der Waals surface area (Å²) in [5.74, 6) is -2.05. The number of carbonyl (C=O) groups is 2. The molecule has 2 N–H and O–H groups in total. The number of nitrogens with one attached hydrogen (secondary N) is 1. The van der Waals surface area contributed by atoms with Crippen molar-refractivity contribution in [1.82, 2.24) is 14.9 Å². The molecule has 0 bridgehead atoms. The van der Waals surface area contributed by atoms with Crippen molar-refractivity contribution in [3.63, 3.8) is 0 Å². The zero-order valence-corrected chi connectivity index (χ0v) is 22.9. The average molecular weight is 555 g/mol. The van der Waals surface area contributed by atoms with Gasteiger partial charge in [-0.1, -0.05) is 54.6 Å². The minimum atomic E-state index is -1.22. The van der Waals surface area contributed by atoms with Gasteiger partial charge in [0.1, 0.15) is 12.4 Å². The molecule has 1 aromatic heterocycles. The van der Waals surface area contributed by atoms with Crippen LogP contribution in [0.2, 0.25) is 0 Å². The number of hydrogen-bond acceptors (Lipinski definition) is 7. The lowest BCUT2D eigenvalue weighted by Crippen LogP contribution is -2.33. The van der Waals surface area contributed by atoms with E-state index >= 15 is 0 Å². The number of aliphatic carboxylic acids is 1. The topological polar surface area (TPSA) is 139 Å². The molecule has 2 aromatic carbocycles. The van der Waals surface area contributed by atoms with Gasteiger partial charge in [-0.05, 0) is 36.6 Å². The monoisotopic (exact) mass is 554 g/mol. The number of nitro groups is 1. The summed E-state index contributed by atoms with van der Waals surface area (Å²) in [5, 5.41) is 21.4. The molecular weight excluding hydrogens is 524 g/mol. The van der Waals surface area contributed by atoms with E-state index in [1.165, 1.54) is 18.2 Å². The van der Waals surface area contributed by atoms with E-state index in [0.29, 0.717) is 17.0 Å². The highest BCUT2D eigenvalue weighted by Gasteiger charge is 2.39. The molecule has 0 fully saturated rings. The molecule has 0 radical (unpaired) electrons. The smallest absolute Gasteiger partial charge is 0.337 e. The van der Waals surface area contributed by atoms with Gasteiger partial charge in [-0.2, -0.15) is 0 Å². The molecule has 1 aliphatic rings. The fourth-order valence-electron chi connectivity index (χ4n) is 4.71. The van der Waals surface area contributed by atoms with Crippen molar-refractivity contribution >= 4 is 23.7 Å². The molecule has 1 atom stereocenters. The fraction of sp³-hybridized carbons (Fsp3) is 0.194. The minimum absolute atomic E-state index is 0.0424. The number of hydrogen-bond donors (Lipinski definition) is 2. The molecule has 0 saturated heterocycles. The van der Waals surface area contributed by atoms with Crippen LogP contribution >= 0.6 is 0 Å². The number of carbonyl (C=O) groups excluding carboxylic acids is 1. The van der Waals surface area contributed by atoms with E-state index in [-0.39, 0.29) is 23.4 Å². The second-order valence-electron chi connectivity index (χ2n) is 9.49. The molecule has 2 heterocycles. The van der Waals surface area contributed by atoms with Crippen LogP contribution in [0.15, 0.2) is 102 Å². The normalized spacial score (nSPS) is 15.7. The van der Waals surface area contributed by atoms with Gasteiger partial charge in [-0.25, -0.2) is 14.6 Å².